The third kappa shape index (κ3) is 31.0. The Morgan fingerprint density at radius 2 is 0.816 bits per heavy atom. The van der Waals surface area contributed by atoms with Gasteiger partial charge in [-0.2, -0.15) is 0 Å². The quantitative estimate of drug-likeness (QED) is 0.0107. The minimum Gasteiger partial charge on any atom is -0.497 e. The van der Waals surface area contributed by atoms with E-state index in [-0.39, 0.29) is 105 Å². The van der Waals surface area contributed by atoms with Crippen molar-refractivity contribution in [2.24, 2.45) is 53.3 Å². The fourth-order valence-electron chi connectivity index (χ4n) is 21.5. The Bertz CT molecular complexity index is 5100. The largest absolute Gasteiger partial charge is 0.497 e. The molecule has 0 unspecified atom stereocenters. The molecule has 4 aromatic carbocycles. The van der Waals surface area contributed by atoms with Crippen LogP contribution < -0.4 is 15.4 Å². The van der Waals surface area contributed by atoms with E-state index in [9.17, 15) is 120 Å². The lowest BCUT2D eigenvalue weighted by Crippen LogP contribution is -2.59. The first kappa shape index (κ1) is 126. The molecule has 6 heterocycles. The predicted molar refractivity (Wildman–Crippen MR) is 560 cm³/mol. The highest BCUT2D eigenvalue weighted by molar-refractivity contribution is 9.09. The highest BCUT2D eigenvalue weighted by atomic mass is 79.9. The van der Waals surface area contributed by atoms with Crippen LogP contribution in [0.15, 0.2) is 91.0 Å². The number of ether oxygens (including phenoxy) is 4. The maximum absolute atomic E-state index is 13.7. The van der Waals surface area contributed by atoms with Crippen molar-refractivity contribution in [3.05, 3.63) is 135 Å². The molecule has 10 rings (SSSR count). The summed E-state index contributed by atoms with van der Waals surface area (Å²) < 4.78 is 23.9. The van der Waals surface area contributed by atoms with Crippen LogP contribution in [0, 0.1) is 60.2 Å². The fraction of sp³-hybridized carbons (Fsp3) is 0.682. The number of cyclic esters (lactones) is 3. The molecule has 5 aliphatic rings. The molecule has 826 valence electrons. The number of aliphatic hydroxyl groups is 15. The summed E-state index contributed by atoms with van der Waals surface area (Å²) in [5.41, 5.74) is -5.79. The zero-order valence-corrected chi connectivity index (χ0v) is 92.4. The highest BCUT2D eigenvalue weighted by Gasteiger charge is 2.53. The van der Waals surface area contributed by atoms with Crippen LogP contribution in [0.5, 0.6) is 5.75 Å². The number of nitrogens with one attached hydrogen (secondary N) is 2. The summed E-state index contributed by atoms with van der Waals surface area (Å²) in [5, 5.41) is 175. The number of methoxy groups -OCH3 is 1. The number of carbonyl (C=O) groups excluding carboxylic acids is 9. The minimum absolute atomic E-state index is 0.0295. The number of aliphatic hydroxyl groups excluding tert-OH is 9. The molecule has 35 nitrogen and oxygen atoms in total. The average molecular weight is 2150 g/mol. The number of benzene rings is 4. The molecule has 3 fully saturated rings. The van der Waals surface area contributed by atoms with Crippen molar-refractivity contribution in [2.45, 2.75) is 361 Å². The molecular weight excluding hydrogens is 1980 g/mol. The monoisotopic (exact) mass is 2150 g/mol. The van der Waals surface area contributed by atoms with Gasteiger partial charge in [0.25, 0.3) is 29.5 Å². The van der Waals surface area contributed by atoms with E-state index < -0.39 is 178 Å². The Balaban J connectivity index is 0.000000288. The summed E-state index contributed by atoms with van der Waals surface area (Å²) in [4.78, 5) is 122. The fourth-order valence-corrected chi connectivity index (χ4v) is 22.0. The average Bonchev–Trinajstić information content (AvgIpc) is 1.60. The Hall–Kier alpha value is -7.90. The molecule has 17 N–H and O–H groups in total. The van der Waals surface area contributed by atoms with Crippen molar-refractivity contribution >= 4 is 91.8 Å². The summed E-state index contributed by atoms with van der Waals surface area (Å²) in [7, 11) is 1.56. The Morgan fingerprint density at radius 3 is 1.18 bits per heavy atom. The second-order valence-electron chi connectivity index (χ2n) is 43.5. The van der Waals surface area contributed by atoms with Gasteiger partial charge in [-0.3, -0.25) is 67.3 Å². The SMILES string of the molecule is CC[C@H]1OC(=O)[C@H](C)[C@@H](O)[C@H](C)[C@@H](O)[C@](C)(O)C[C@@H](C)CN(CCCCN2C(=O)c3ccccc3C2=O)[C@H](C)[C@@H](O)[C@]1(C)O.CC[C@H]1OC(=O)[C@H](C)[C@@H](O)[C@H](C)[C@@H](O)[C@](C)(O)C[C@@H](C)CN(CCCCNC(=O)Cc2c(C)n(C(=O)c3ccc(Cl)cc3)c3ccc(OC)cc23)[C@H](C)[C@@H](O)[C@]1(C)O.CC[C@H]1OC(=O)[C@H](C)[C@@H](O)[C@H](C)[C@@H](O)[C@](C)(O)C[C@@H](C)CN[C@H](C)[C@@H](O)[C@]1(C)O.O=C1c2ccccc2C(=O)N1CCCCBr. The highest BCUT2D eigenvalue weighted by Crippen LogP contribution is 2.40. The summed E-state index contributed by atoms with van der Waals surface area (Å²) in [5.74, 6) is -9.24. The predicted octanol–water partition coefficient (Wildman–Crippen LogP) is 9.26. The first-order chi connectivity index (χ1) is 68.5. The van der Waals surface area contributed by atoms with Gasteiger partial charge in [0.05, 0.1) is 112 Å². The number of halogens is 2. The van der Waals surface area contributed by atoms with Crippen LogP contribution in [0.4, 0.5) is 0 Å². The molecule has 0 saturated carbocycles. The van der Waals surface area contributed by atoms with Gasteiger partial charge in [0, 0.05) is 95.6 Å². The van der Waals surface area contributed by atoms with Gasteiger partial charge in [0.15, 0.2) is 0 Å². The molecule has 5 aromatic rings. The van der Waals surface area contributed by atoms with E-state index in [2.05, 4.69) is 26.6 Å². The lowest BCUT2D eigenvalue weighted by molar-refractivity contribution is -0.194. The number of imide groups is 2. The molecule has 3 saturated heterocycles. The zero-order chi connectivity index (χ0) is 111. The van der Waals surface area contributed by atoms with Crippen LogP contribution >= 0.6 is 27.5 Å². The maximum Gasteiger partial charge on any atom is 0.311 e. The van der Waals surface area contributed by atoms with Crippen molar-refractivity contribution in [3.63, 3.8) is 0 Å². The summed E-state index contributed by atoms with van der Waals surface area (Å²) in [6.45, 7) is 39.2. The first-order valence-electron chi connectivity index (χ1n) is 52.0. The molecule has 5 aliphatic heterocycles. The standard InChI is InChI=1S/C44H64ClN3O10.C33H52N2O9.C21H41NO7.C12H12BrNO2/c1-10-36-44(8,56)40(52)29(6)47(24-25(2)23-43(7,55)39(51)26(3)38(50)27(4)42(54)58-36)20-12-11-19-46-37(49)22-33-28(5)48(35-18-17-32(57-9)21-34(33)35)41(53)30-13-15-31(45)16-14-30;1-8-25-33(7,43)28(38)22(5)34(15-11-12-16-35-29(39)23-13-9-10-14-24(23)30(35)40)18-19(2)17-32(6,42)27(37)20(3)26(36)21(4)31(41)44-25;1-8-15-21(7,28)18(25)14(5)22-10-11(2)9-20(6,27)17(24)12(3)16(23)13(4)19(26)29-15;13-7-3-4-8-14-11(15)9-5-1-2-6-10(9)12(14)16/h13-18,21,25-27,29,36,38-40,50-52,55-56H,10-12,19-20,22-24H2,1-9H3,(H,46,49);9-10,13-14,19-22,25-28,36-38,42-43H,8,11-12,15-18H2,1-7H3;11-18,22-25,27-28H,8-10H2,1-7H3;1-2,5-6H,3-4,7-8H2/t25-,26+,27-,29-,36-,38+,39-,40-,43-,44-;19-,20+,21-,22-,25-,26+,27-,28-,32-,33-;11-,12+,13-,14-,15-,16+,17-,18-,20-,21-;/m111./s1. The van der Waals surface area contributed by atoms with Gasteiger partial charge in [0.1, 0.15) is 59.2 Å². The third-order valence-corrected chi connectivity index (χ3v) is 31.8. The van der Waals surface area contributed by atoms with Crippen LogP contribution in [0.2, 0.25) is 5.02 Å². The van der Waals surface area contributed by atoms with E-state index >= 15 is 0 Å². The van der Waals surface area contributed by atoms with Gasteiger partial charge in [-0.15, -0.1) is 0 Å². The number of alkyl halides is 1. The van der Waals surface area contributed by atoms with E-state index in [0.717, 1.165) is 23.6 Å². The molecular formula is C110H169BrClN7O28. The van der Waals surface area contributed by atoms with Crippen LogP contribution in [0.1, 0.15) is 285 Å². The van der Waals surface area contributed by atoms with Crippen LogP contribution in [-0.4, -0.2) is 344 Å². The Morgan fingerprint density at radius 1 is 0.469 bits per heavy atom. The number of esters is 3. The molecule has 0 spiro atoms. The van der Waals surface area contributed by atoms with Crippen LogP contribution in [0.3, 0.4) is 0 Å². The van der Waals surface area contributed by atoms with Gasteiger partial charge in [-0.1, -0.05) is 114 Å². The number of unbranched alkanes of at least 4 members (excludes halogenated alkanes) is 3. The van der Waals surface area contributed by atoms with Crippen LogP contribution in [-0.2, 0) is 39.8 Å². The molecule has 0 bridgehead atoms. The van der Waals surface area contributed by atoms with Crippen molar-refractivity contribution in [2.75, 3.05) is 64.8 Å². The number of nitrogens with zero attached hydrogens (tertiary/aromatic N) is 5. The maximum atomic E-state index is 13.7. The van der Waals surface area contributed by atoms with E-state index in [4.69, 9.17) is 30.5 Å². The van der Waals surface area contributed by atoms with Gasteiger partial charge in [-0.05, 0) is 277 Å². The Kier molecular flexibility index (Phi) is 46.8. The molecule has 0 radical (unpaired) electrons. The second-order valence-corrected chi connectivity index (χ2v) is 44.7. The third-order valence-electron chi connectivity index (χ3n) is 31.0. The van der Waals surface area contributed by atoms with Crippen molar-refractivity contribution in [1.29, 1.82) is 0 Å². The minimum atomic E-state index is -1.86. The molecule has 147 heavy (non-hydrogen) atoms. The topological polar surface area (TPSA) is 536 Å². The molecule has 0 aliphatic carbocycles. The van der Waals surface area contributed by atoms with E-state index in [1.54, 1.807) is 159 Å². The molecule has 30 atom stereocenters. The van der Waals surface area contributed by atoms with Gasteiger partial charge in [-0.25, -0.2) is 0 Å². The summed E-state index contributed by atoms with van der Waals surface area (Å²) in [6.07, 6.45) is -9.64. The lowest BCUT2D eigenvalue weighted by Gasteiger charge is -2.43. The number of hydrogen-bond acceptors (Lipinski definition) is 31. The number of carbonyl (C=O) groups is 9. The van der Waals surface area contributed by atoms with E-state index in [1.165, 1.54) is 72.1 Å². The van der Waals surface area contributed by atoms with Crippen molar-refractivity contribution in [1.82, 2.24) is 34.8 Å². The van der Waals surface area contributed by atoms with Gasteiger partial charge >= 0.3 is 17.9 Å². The van der Waals surface area contributed by atoms with Crippen LogP contribution in [0.25, 0.3) is 10.9 Å². The Labute approximate surface area is 879 Å². The number of fused-ring (bicyclic) bond motifs is 3. The van der Waals surface area contributed by atoms with Gasteiger partial charge < -0.3 is 106 Å². The normalized spacial score (nSPS) is 34.8. The molecule has 1 aromatic heterocycles. The number of hydrogen-bond donors (Lipinski definition) is 17. The summed E-state index contributed by atoms with van der Waals surface area (Å²) in [6, 6.07) is 24.0. The summed E-state index contributed by atoms with van der Waals surface area (Å²) >= 11 is 9.39. The first-order valence-corrected chi connectivity index (χ1v) is 53.5. The second kappa shape index (κ2) is 54.6. The number of rotatable bonds is 21. The molecule has 5 amide bonds. The molecule has 37 heteroatoms. The van der Waals surface area contributed by atoms with E-state index in [0.29, 0.717) is 127 Å². The lowest BCUT2D eigenvalue weighted by atomic mass is 9.78. The zero-order valence-electron chi connectivity index (χ0n) is 90.1. The van der Waals surface area contributed by atoms with Crippen molar-refractivity contribution in [3.8, 4) is 5.75 Å². The smallest absolute Gasteiger partial charge is 0.311 e. The number of aromatic nitrogens is 1. The number of amides is 5. The van der Waals surface area contributed by atoms with Gasteiger partial charge in [0.2, 0.25) is 5.91 Å². The van der Waals surface area contributed by atoms with E-state index in [1.807, 2.05) is 43.6 Å². The van der Waals surface area contributed by atoms with Crippen molar-refractivity contribution < 1.29 is 139 Å².